The minimum absolute atomic E-state index is 0.0911. The fourth-order valence-electron chi connectivity index (χ4n) is 4.31. The Bertz CT molecular complexity index is 1360. The van der Waals surface area contributed by atoms with Crippen LogP contribution >= 0.6 is 0 Å². The molecule has 5 rings (SSSR count). The number of benzene rings is 3. The number of anilines is 1. The molecule has 174 valence electrons. The molecule has 0 N–H and O–H groups in total. The Labute approximate surface area is 204 Å². The lowest BCUT2D eigenvalue weighted by molar-refractivity contribution is 0.0514. The second-order valence-corrected chi connectivity index (χ2v) is 8.58. The Balaban J connectivity index is 1.45. The van der Waals surface area contributed by atoms with Gasteiger partial charge in [-0.3, -0.25) is 4.79 Å². The van der Waals surface area contributed by atoms with Crippen molar-refractivity contribution in [3.63, 3.8) is 0 Å². The fourth-order valence-corrected chi connectivity index (χ4v) is 4.31. The molecule has 1 aliphatic rings. The number of carbonyl (C=O) groups excluding carboxylic acids is 2. The zero-order valence-corrected chi connectivity index (χ0v) is 19.4. The molecule has 1 atom stereocenters. The molecule has 0 unspecified atom stereocenters. The number of rotatable bonds is 6. The normalized spacial score (nSPS) is 15.6. The molecule has 0 saturated heterocycles. The molecule has 6 heteroatoms. The van der Waals surface area contributed by atoms with Crippen molar-refractivity contribution in [3.8, 4) is 0 Å². The van der Waals surface area contributed by atoms with E-state index in [0.717, 1.165) is 16.9 Å². The molecule has 0 radical (unpaired) electrons. The Hall–Kier alpha value is -4.45. The van der Waals surface area contributed by atoms with Crippen LogP contribution in [-0.2, 0) is 11.4 Å². The highest BCUT2D eigenvalue weighted by molar-refractivity contribution is 6.08. The Kier molecular flexibility index (Phi) is 6.26. The van der Waals surface area contributed by atoms with Crippen LogP contribution in [0.2, 0.25) is 0 Å². The fraction of sp³-hybridized carbons (Fsp3) is 0.138. The van der Waals surface area contributed by atoms with Crippen LogP contribution in [0.25, 0.3) is 0 Å². The molecular weight excluding hydrogens is 438 g/mol. The lowest BCUT2D eigenvalue weighted by Crippen LogP contribution is -2.37. The van der Waals surface area contributed by atoms with E-state index in [1.807, 2.05) is 85.9 Å². The van der Waals surface area contributed by atoms with E-state index >= 15 is 0 Å². The second-order valence-electron chi connectivity index (χ2n) is 8.58. The third-order valence-electron chi connectivity index (χ3n) is 6.15. The summed E-state index contributed by atoms with van der Waals surface area (Å²) < 4.78 is 2.07. The van der Waals surface area contributed by atoms with Crippen LogP contribution in [-0.4, -0.2) is 28.7 Å². The van der Waals surface area contributed by atoms with Gasteiger partial charge in [0.1, 0.15) is 5.71 Å². The average molecular weight is 464 g/mol. The first-order valence-corrected chi connectivity index (χ1v) is 11.5. The van der Waals surface area contributed by atoms with E-state index in [0.29, 0.717) is 29.9 Å². The van der Waals surface area contributed by atoms with Crippen molar-refractivity contribution in [2.75, 3.05) is 11.4 Å². The van der Waals surface area contributed by atoms with Crippen molar-refractivity contribution in [3.05, 3.63) is 126 Å². The van der Waals surface area contributed by atoms with Crippen molar-refractivity contribution in [2.45, 2.75) is 13.5 Å². The van der Waals surface area contributed by atoms with E-state index < -0.39 is 5.97 Å². The maximum absolute atomic E-state index is 13.6. The Morgan fingerprint density at radius 1 is 0.886 bits per heavy atom. The molecule has 6 nitrogen and oxygen atoms in total. The number of nitrogens with zero attached hydrogens (tertiary/aromatic N) is 3. The minimum Gasteiger partial charge on any atom is -0.346 e. The van der Waals surface area contributed by atoms with Crippen LogP contribution in [0.5, 0.6) is 0 Å². The molecular formula is C29H25N3O3. The lowest BCUT2D eigenvalue weighted by Gasteiger charge is -2.26. The van der Waals surface area contributed by atoms with Gasteiger partial charge in [-0.15, -0.1) is 0 Å². The van der Waals surface area contributed by atoms with Gasteiger partial charge in [0.25, 0.3) is 5.91 Å². The molecule has 3 aromatic carbocycles. The number of hydrogen-bond acceptors (Lipinski definition) is 4. The number of amides is 1. The van der Waals surface area contributed by atoms with Crippen molar-refractivity contribution in [1.82, 2.24) is 4.57 Å². The van der Waals surface area contributed by atoms with Crippen LogP contribution < -0.4 is 4.90 Å². The maximum Gasteiger partial charge on any atom is 0.365 e. The molecule has 0 fully saturated rings. The van der Waals surface area contributed by atoms with Crippen molar-refractivity contribution >= 4 is 23.3 Å². The molecule has 0 aliphatic carbocycles. The molecule has 4 aromatic rings. The zero-order chi connectivity index (χ0) is 24.2. The minimum atomic E-state index is -0.516. The van der Waals surface area contributed by atoms with Gasteiger partial charge >= 0.3 is 5.97 Å². The van der Waals surface area contributed by atoms with Gasteiger partial charge in [-0.1, -0.05) is 59.3 Å². The summed E-state index contributed by atoms with van der Waals surface area (Å²) in [6.07, 6.45) is 1.97. The lowest BCUT2D eigenvalue weighted by atomic mass is 10.0. The predicted octanol–water partition coefficient (Wildman–Crippen LogP) is 5.33. The number of oxime groups is 1. The number of hydrogen-bond donors (Lipinski definition) is 0. The number of aromatic nitrogens is 1. The zero-order valence-electron chi connectivity index (χ0n) is 19.4. The van der Waals surface area contributed by atoms with Gasteiger partial charge in [0, 0.05) is 36.5 Å². The smallest absolute Gasteiger partial charge is 0.346 e. The summed E-state index contributed by atoms with van der Waals surface area (Å²) in [6, 6.07) is 29.8. The van der Waals surface area contributed by atoms with Crippen LogP contribution in [0.4, 0.5) is 5.69 Å². The molecule has 35 heavy (non-hydrogen) atoms. The summed E-state index contributed by atoms with van der Waals surface area (Å²) in [7, 11) is 0. The highest BCUT2D eigenvalue weighted by Gasteiger charge is 2.33. The summed E-state index contributed by atoms with van der Waals surface area (Å²) in [6.45, 7) is 3.04. The van der Waals surface area contributed by atoms with Crippen molar-refractivity contribution in [2.24, 2.45) is 11.1 Å². The maximum atomic E-state index is 13.6. The first-order chi connectivity index (χ1) is 17.1. The summed E-state index contributed by atoms with van der Waals surface area (Å²) in [5.74, 6) is -0.756. The molecule has 0 bridgehead atoms. The van der Waals surface area contributed by atoms with E-state index in [2.05, 4.69) is 9.72 Å². The van der Waals surface area contributed by atoms with Gasteiger partial charge < -0.3 is 14.3 Å². The molecule has 1 amide bonds. The van der Waals surface area contributed by atoms with Gasteiger partial charge in [0.2, 0.25) is 0 Å². The largest absolute Gasteiger partial charge is 0.365 e. The van der Waals surface area contributed by atoms with Gasteiger partial charge in [0.15, 0.2) is 0 Å². The quantitative estimate of drug-likeness (QED) is 0.287. The van der Waals surface area contributed by atoms with Crippen LogP contribution in [0.1, 0.15) is 32.0 Å². The first-order valence-electron chi connectivity index (χ1n) is 11.5. The molecule has 0 saturated carbocycles. The third kappa shape index (κ3) is 4.77. The number of carbonyl (C=O) groups is 2. The van der Waals surface area contributed by atoms with E-state index in [1.54, 1.807) is 29.2 Å². The van der Waals surface area contributed by atoms with E-state index in [4.69, 9.17) is 4.84 Å². The van der Waals surface area contributed by atoms with Crippen LogP contribution in [0, 0.1) is 12.8 Å². The summed E-state index contributed by atoms with van der Waals surface area (Å²) in [5.41, 5.74) is 4.50. The Morgan fingerprint density at radius 2 is 1.54 bits per heavy atom. The van der Waals surface area contributed by atoms with Crippen LogP contribution in [0.3, 0.4) is 0 Å². The average Bonchev–Trinajstić information content (AvgIpc) is 3.48. The number of fused-ring (bicyclic) bond motifs is 1. The summed E-state index contributed by atoms with van der Waals surface area (Å²) in [4.78, 5) is 33.2. The summed E-state index contributed by atoms with van der Waals surface area (Å²) in [5, 5.41) is 4.30. The SMILES string of the molecule is Cc1ccc(N(C[C@@H]2Cn3cccc3C2=NOC(=O)c2ccccc2)C(=O)c2ccccc2)cc1. The first kappa shape index (κ1) is 22.3. The van der Waals surface area contributed by atoms with E-state index in [9.17, 15) is 9.59 Å². The highest BCUT2D eigenvalue weighted by Crippen LogP contribution is 2.27. The van der Waals surface area contributed by atoms with E-state index in [1.165, 1.54) is 0 Å². The van der Waals surface area contributed by atoms with Gasteiger partial charge in [-0.05, 0) is 55.5 Å². The summed E-state index contributed by atoms with van der Waals surface area (Å²) >= 11 is 0. The highest BCUT2D eigenvalue weighted by atomic mass is 16.7. The topological polar surface area (TPSA) is 63.9 Å². The van der Waals surface area contributed by atoms with Crippen molar-refractivity contribution in [1.29, 1.82) is 0 Å². The monoisotopic (exact) mass is 463 g/mol. The van der Waals surface area contributed by atoms with E-state index in [-0.39, 0.29) is 11.8 Å². The molecule has 1 aromatic heterocycles. The third-order valence-corrected chi connectivity index (χ3v) is 6.15. The van der Waals surface area contributed by atoms with Gasteiger partial charge in [0.05, 0.1) is 11.3 Å². The Morgan fingerprint density at radius 3 is 2.23 bits per heavy atom. The standard InChI is InChI=1S/C29H25N3O3/c1-21-14-16-25(17-15-21)32(28(33)22-9-4-2-5-10-22)20-24-19-31-18-8-13-26(31)27(24)30-35-29(34)23-11-6-3-7-12-23/h2-18,24H,19-20H2,1H3/t24-/m0/s1. The molecule has 2 heterocycles. The molecule has 1 aliphatic heterocycles. The second kappa shape index (κ2) is 9.81. The van der Waals surface area contributed by atoms with Crippen molar-refractivity contribution < 1.29 is 14.4 Å². The van der Waals surface area contributed by atoms with Gasteiger partial charge in [-0.2, -0.15) is 0 Å². The predicted molar refractivity (Wildman–Crippen MR) is 136 cm³/mol. The number of aryl methyl sites for hydroxylation is 1. The van der Waals surface area contributed by atoms with Gasteiger partial charge in [-0.25, -0.2) is 4.79 Å². The van der Waals surface area contributed by atoms with Crippen LogP contribution in [0.15, 0.2) is 108 Å². The molecule has 0 spiro atoms.